The number of fused-ring (bicyclic) bond motifs is 1. The van der Waals surface area contributed by atoms with Crippen molar-refractivity contribution >= 4 is 6.21 Å². The van der Waals surface area contributed by atoms with E-state index >= 15 is 0 Å². The average Bonchev–Trinajstić information content (AvgIpc) is 3.43. The number of hydrogen-bond donors (Lipinski definition) is 0. The average molecular weight is 435 g/mol. The number of aromatic nitrogens is 4. The second-order valence-electron chi connectivity index (χ2n) is 8.69. The molecule has 7 heteroatoms. The zero-order valence-corrected chi connectivity index (χ0v) is 18.6. The highest BCUT2D eigenvalue weighted by atomic mass is 16.1. The van der Waals surface area contributed by atoms with Crippen LogP contribution in [0.2, 0.25) is 0 Å². The molecule has 162 valence electrons. The van der Waals surface area contributed by atoms with E-state index in [-0.39, 0.29) is 5.69 Å². The number of benzene rings is 1. The van der Waals surface area contributed by atoms with E-state index in [1.165, 1.54) is 0 Å². The molecule has 3 aromatic heterocycles. The van der Waals surface area contributed by atoms with Gasteiger partial charge in [-0.15, -0.1) is 0 Å². The van der Waals surface area contributed by atoms with Crippen LogP contribution in [-0.4, -0.2) is 25.3 Å². The van der Waals surface area contributed by atoms with Crippen molar-refractivity contribution in [3.05, 3.63) is 88.4 Å². The molecule has 0 N–H and O–H groups in total. The molecule has 5 rings (SSSR count). The van der Waals surface area contributed by atoms with E-state index in [9.17, 15) is 10.1 Å². The van der Waals surface area contributed by atoms with E-state index in [0.717, 1.165) is 33.6 Å². The Bertz CT molecular complexity index is 1500. The predicted molar refractivity (Wildman–Crippen MR) is 127 cm³/mol. The van der Waals surface area contributed by atoms with Crippen molar-refractivity contribution in [3.63, 3.8) is 0 Å². The molecular formula is C26H22N6O. The van der Waals surface area contributed by atoms with Crippen molar-refractivity contribution in [2.75, 3.05) is 0 Å². The van der Waals surface area contributed by atoms with E-state index in [2.05, 4.69) is 27.1 Å². The van der Waals surface area contributed by atoms with Crippen LogP contribution >= 0.6 is 0 Å². The smallest absolute Gasteiger partial charge is 0.301 e. The van der Waals surface area contributed by atoms with Crippen LogP contribution in [0.1, 0.15) is 30.7 Å². The van der Waals surface area contributed by atoms with Crippen molar-refractivity contribution in [2.24, 2.45) is 12.0 Å². The van der Waals surface area contributed by atoms with Gasteiger partial charge in [0.15, 0.2) is 0 Å². The Morgan fingerprint density at radius 3 is 2.61 bits per heavy atom. The second kappa shape index (κ2) is 7.68. The third-order valence-corrected chi connectivity index (χ3v) is 6.01. The highest BCUT2D eigenvalue weighted by Crippen LogP contribution is 2.28. The van der Waals surface area contributed by atoms with Crippen LogP contribution in [0, 0.1) is 11.3 Å². The molecule has 0 saturated heterocycles. The third kappa shape index (κ3) is 3.56. The van der Waals surface area contributed by atoms with Gasteiger partial charge >= 0.3 is 5.69 Å². The first-order chi connectivity index (χ1) is 15.9. The van der Waals surface area contributed by atoms with Crippen molar-refractivity contribution < 1.29 is 0 Å². The normalized spacial score (nSPS) is 12.5. The Labute approximate surface area is 191 Å². The summed E-state index contributed by atoms with van der Waals surface area (Å²) < 4.78 is 3.19. The molecule has 1 aliphatic rings. The molecule has 7 nitrogen and oxygen atoms in total. The zero-order chi connectivity index (χ0) is 23.2. The zero-order valence-electron chi connectivity index (χ0n) is 18.6. The Morgan fingerprint density at radius 1 is 1.06 bits per heavy atom. The van der Waals surface area contributed by atoms with E-state index in [1.807, 2.05) is 62.7 Å². The number of hydrogen-bond acceptors (Lipinski definition) is 5. The maximum absolute atomic E-state index is 13.0. The van der Waals surface area contributed by atoms with E-state index in [4.69, 9.17) is 0 Å². The third-order valence-electron chi connectivity index (χ3n) is 6.01. The minimum absolute atomic E-state index is 0.167. The van der Waals surface area contributed by atoms with Gasteiger partial charge in [0.1, 0.15) is 0 Å². The van der Waals surface area contributed by atoms with E-state index in [0.29, 0.717) is 17.9 Å². The first-order valence-corrected chi connectivity index (χ1v) is 10.6. The van der Waals surface area contributed by atoms with Crippen LogP contribution in [0.4, 0.5) is 0 Å². The van der Waals surface area contributed by atoms with Gasteiger partial charge in [-0.05, 0) is 55.3 Å². The van der Waals surface area contributed by atoms with Crippen LogP contribution in [0.15, 0.2) is 70.8 Å². The summed E-state index contributed by atoms with van der Waals surface area (Å²) in [6.45, 7) is 4.37. The van der Waals surface area contributed by atoms with Gasteiger partial charge < -0.3 is 4.57 Å². The minimum Gasteiger partial charge on any atom is -0.301 e. The fraction of sp³-hybridized carbons (Fsp3) is 0.192. The largest absolute Gasteiger partial charge is 0.333 e. The van der Waals surface area contributed by atoms with Crippen LogP contribution in [0.5, 0.6) is 0 Å². The lowest BCUT2D eigenvalue weighted by Gasteiger charge is -2.16. The molecule has 0 bridgehead atoms. The van der Waals surface area contributed by atoms with Gasteiger partial charge in [0.25, 0.3) is 0 Å². The fourth-order valence-corrected chi connectivity index (χ4v) is 3.97. The summed E-state index contributed by atoms with van der Waals surface area (Å²) in [6.07, 6.45) is 7.22. The van der Waals surface area contributed by atoms with E-state index in [1.54, 1.807) is 28.6 Å². The molecule has 0 amide bonds. The lowest BCUT2D eigenvalue weighted by molar-refractivity contribution is 0.686. The second-order valence-corrected chi connectivity index (χ2v) is 8.69. The fourth-order valence-electron chi connectivity index (χ4n) is 3.97. The molecular weight excluding hydrogens is 412 g/mol. The molecule has 1 aliphatic heterocycles. The Morgan fingerprint density at radius 2 is 1.85 bits per heavy atom. The van der Waals surface area contributed by atoms with Gasteiger partial charge in [0.2, 0.25) is 0 Å². The minimum atomic E-state index is -0.604. The number of aryl methyl sites for hydroxylation is 1. The highest BCUT2D eigenvalue weighted by Gasteiger charge is 2.21. The van der Waals surface area contributed by atoms with E-state index < -0.39 is 5.41 Å². The van der Waals surface area contributed by atoms with Gasteiger partial charge in [-0.1, -0.05) is 12.1 Å². The number of imidazole rings is 1. The van der Waals surface area contributed by atoms with Crippen molar-refractivity contribution in [1.82, 2.24) is 19.1 Å². The van der Waals surface area contributed by atoms with Gasteiger partial charge in [0, 0.05) is 43.0 Å². The molecule has 0 aliphatic carbocycles. The highest BCUT2D eigenvalue weighted by molar-refractivity contribution is 5.86. The topological polar surface area (TPSA) is 88.9 Å². The maximum Gasteiger partial charge on any atom is 0.333 e. The first kappa shape index (κ1) is 20.6. The van der Waals surface area contributed by atoms with Gasteiger partial charge in [0.05, 0.1) is 40.8 Å². The molecule has 33 heavy (non-hydrogen) atoms. The monoisotopic (exact) mass is 434 g/mol. The number of aliphatic imine (C=N–C) groups is 1. The van der Waals surface area contributed by atoms with Crippen LogP contribution in [0.3, 0.4) is 0 Å². The lowest BCUT2D eigenvalue weighted by Crippen LogP contribution is -2.21. The molecule has 0 atom stereocenters. The quantitative estimate of drug-likeness (QED) is 0.485. The van der Waals surface area contributed by atoms with Crippen molar-refractivity contribution in [2.45, 2.75) is 25.8 Å². The predicted octanol–water partition coefficient (Wildman–Crippen LogP) is 4.03. The number of nitriles is 1. The summed E-state index contributed by atoms with van der Waals surface area (Å²) in [5.41, 5.74) is 6.16. The summed E-state index contributed by atoms with van der Waals surface area (Å²) in [5.74, 6) is 0. The number of nitrogens with zero attached hydrogens (tertiary/aromatic N) is 6. The Hall–Kier alpha value is -4.31. The van der Waals surface area contributed by atoms with Gasteiger partial charge in [-0.3, -0.25) is 19.5 Å². The molecule has 4 heterocycles. The van der Waals surface area contributed by atoms with Crippen LogP contribution < -0.4 is 5.69 Å². The van der Waals surface area contributed by atoms with Gasteiger partial charge in [-0.2, -0.15) is 5.26 Å². The van der Waals surface area contributed by atoms with Crippen LogP contribution in [0.25, 0.3) is 28.2 Å². The summed E-state index contributed by atoms with van der Waals surface area (Å²) in [6, 6.07) is 15.8. The molecule has 4 aromatic rings. The molecule has 1 aromatic carbocycles. The molecule has 0 fully saturated rings. The van der Waals surface area contributed by atoms with Crippen LogP contribution in [-0.2, 0) is 19.0 Å². The number of pyridine rings is 2. The molecule has 0 radical (unpaired) electrons. The summed E-state index contributed by atoms with van der Waals surface area (Å²) in [4.78, 5) is 26.4. The van der Waals surface area contributed by atoms with Gasteiger partial charge in [-0.25, -0.2) is 4.79 Å². The lowest BCUT2D eigenvalue weighted by atomic mass is 9.86. The summed E-state index contributed by atoms with van der Waals surface area (Å²) >= 11 is 0. The Balaban J connectivity index is 1.59. The molecule has 0 spiro atoms. The first-order valence-electron chi connectivity index (χ1n) is 10.6. The molecule has 0 saturated carbocycles. The number of rotatable bonds is 4. The maximum atomic E-state index is 13.0. The summed E-state index contributed by atoms with van der Waals surface area (Å²) in [7, 11) is 1.73. The van der Waals surface area contributed by atoms with Crippen molar-refractivity contribution in [3.8, 4) is 34.3 Å². The SMILES string of the molecule is Cn1cc(-c2cc(-c3cnc4c(c3)C=NC4)ccn2)n(-c2ccc(C(C)(C)C#N)cc2)c1=O. The van der Waals surface area contributed by atoms with Crippen molar-refractivity contribution in [1.29, 1.82) is 5.26 Å². The molecule has 0 unspecified atom stereocenters. The summed E-state index contributed by atoms with van der Waals surface area (Å²) in [5, 5.41) is 9.42. The Kier molecular flexibility index (Phi) is 4.79. The standard InChI is InChI=1S/C26H22N6O/c1-26(2,16-27)20-4-6-21(7-5-20)32-24(15-31(3)25(32)33)22-11-17(8-9-29-22)18-10-19-12-28-14-23(19)30-13-18/h4-13,15H,14H2,1-3H3.